The molecule has 0 amide bonds. The highest BCUT2D eigenvalue weighted by atomic mass is 32.2. The van der Waals surface area contributed by atoms with Crippen LogP contribution < -0.4 is 0 Å². The summed E-state index contributed by atoms with van der Waals surface area (Å²) in [6, 6.07) is 8.09. The maximum Gasteiger partial charge on any atom is 0.416 e. The van der Waals surface area contributed by atoms with Gasteiger partial charge in [-0.3, -0.25) is 0 Å². The molecular weight excluding hydrogens is 405 g/mol. The molecule has 0 N–H and O–H groups in total. The summed E-state index contributed by atoms with van der Waals surface area (Å²) in [6.07, 6.45) is -2.99. The fourth-order valence-electron chi connectivity index (χ4n) is 2.65. The zero-order valence-corrected chi connectivity index (χ0v) is 16.4. The number of aryl methyl sites for hydroxylation is 2. The number of thioether (sulfide) groups is 1. The van der Waals surface area contributed by atoms with Crippen LogP contribution in [-0.4, -0.2) is 16.1 Å². The summed E-state index contributed by atoms with van der Waals surface area (Å²) in [5.41, 5.74) is 0.904. The third-order valence-corrected chi connectivity index (χ3v) is 5.24. The van der Waals surface area contributed by atoms with Crippen LogP contribution in [0.2, 0.25) is 0 Å². The maximum atomic E-state index is 13.1. The van der Waals surface area contributed by atoms with Crippen molar-refractivity contribution in [3.05, 3.63) is 76.3 Å². The molecule has 152 valence electrons. The van der Waals surface area contributed by atoms with Crippen molar-refractivity contribution in [2.75, 3.05) is 0 Å². The number of alkyl halides is 3. The van der Waals surface area contributed by atoms with Gasteiger partial charge in [-0.1, -0.05) is 23.4 Å². The first-order valence-corrected chi connectivity index (χ1v) is 9.57. The molecule has 0 fully saturated rings. The van der Waals surface area contributed by atoms with Gasteiger partial charge in [-0.25, -0.2) is 9.78 Å². The Morgan fingerprint density at radius 1 is 1.17 bits per heavy atom. The van der Waals surface area contributed by atoms with E-state index in [1.807, 2.05) is 6.92 Å². The highest BCUT2D eigenvalue weighted by Gasteiger charge is 2.33. The fraction of sp³-hybridized carbons (Fsp3) is 0.250. The van der Waals surface area contributed by atoms with Gasteiger partial charge < -0.3 is 9.26 Å². The molecule has 1 aromatic carbocycles. The van der Waals surface area contributed by atoms with Gasteiger partial charge in [0, 0.05) is 23.1 Å². The average Bonchev–Trinajstić information content (AvgIpc) is 3.02. The topological polar surface area (TPSA) is 65.2 Å². The van der Waals surface area contributed by atoms with E-state index in [1.165, 1.54) is 42.2 Å². The lowest BCUT2D eigenvalue weighted by Gasteiger charge is -2.13. The van der Waals surface area contributed by atoms with Crippen LogP contribution in [0.4, 0.5) is 13.2 Å². The van der Waals surface area contributed by atoms with E-state index in [0.29, 0.717) is 16.5 Å². The zero-order chi connectivity index (χ0) is 21.0. The van der Waals surface area contributed by atoms with Crippen molar-refractivity contribution < 1.29 is 27.2 Å². The van der Waals surface area contributed by atoms with Crippen molar-refractivity contribution in [3.8, 4) is 0 Å². The Bertz CT molecular complexity index is 999. The molecule has 29 heavy (non-hydrogen) atoms. The van der Waals surface area contributed by atoms with Crippen LogP contribution in [0.3, 0.4) is 0 Å². The molecule has 0 saturated carbocycles. The van der Waals surface area contributed by atoms with Crippen molar-refractivity contribution in [2.45, 2.75) is 37.4 Å². The minimum absolute atomic E-state index is 0.109. The van der Waals surface area contributed by atoms with Gasteiger partial charge in [0.05, 0.1) is 16.8 Å². The third-order valence-electron chi connectivity index (χ3n) is 4.21. The Kier molecular flexibility index (Phi) is 6.26. The Labute approximate surface area is 169 Å². The molecule has 3 aromatic rings. The average molecular weight is 422 g/mol. The molecule has 0 saturated heterocycles. The van der Waals surface area contributed by atoms with E-state index < -0.39 is 24.3 Å². The Balaban J connectivity index is 1.73. The molecule has 0 unspecified atom stereocenters. The molecule has 0 aliphatic carbocycles. The van der Waals surface area contributed by atoms with Gasteiger partial charge >= 0.3 is 12.1 Å². The van der Waals surface area contributed by atoms with Gasteiger partial charge in [0.1, 0.15) is 17.4 Å². The standard InChI is InChI=1S/C20H17F3N2O3S/c1-12-16(13(2)28-25-12)11-29-18-15(7-5-9-24-18)19(26)27-10-14-6-3-4-8-17(14)20(21,22)23/h3-9H,10-11H2,1-2H3. The molecule has 0 spiro atoms. The Morgan fingerprint density at radius 3 is 2.62 bits per heavy atom. The number of hydrogen-bond donors (Lipinski definition) is 0. The van der Waals surface area contributed by atoms with Crippen LogP contribution >= 0.6 is 11.8 Å². The first kappa shape index (κ1) is 20.9. The maximum absolute atomic E-state index is 13.1. The first-order valence-electron chi connectivity index (χ1n) is 8.59. The number of aromatic nitrogens is 2. The van der Waals surface area contributed by atoms with Crippen LogP contribution in [0, 0.1) is 13.8 Å². The summed E-state index contributed by atoms with van der Waals surface area (Å²) in [7, 11) is 0. The van der Waals surface area contributed by atoms with Crippen LogP contribution in [-0.2, 0) is 23.3 Å². The summed E-state index contributed by atoms with van der Waals surface area (Å²) in [4.78, 5) is 16.7. The molecule has 3 rings (SSSR count). The normalized spacial score (nSPS) is 11.5. The van der Waals surface area contributed by atoms with Crippen molar-refractivity contribution in [1.82, 2.24) is 10.1 Å². The van der Waals surface area contributed by atoms with Gasteiger partial charge in [-0.05, 0) is 32.0 Å². The van der Waals surface area contributed by atoms with E-state index >= 15 is 0 Å². The number of esters is 1. The van der Waals surface area contributed by atoms with Crippen molar-refractivity contribution >= 4 is 17.7 Å². The minimum atomic E-state index is -4.52. The number of benzene rings is 1. The van der Waals surface area contributed by atoms with Crippen LogP contribution in [0.1, 0.15) is 38.5 Å². The predicted molar refractivity (Wildman–Crippen MR) is 100 cm³/mol. The first-order chi connectivity index (χ1) is 13.8. The number of carbonyl (C=O) groups is 1. The van der Waals surface area contributed by atoms with Crippen molar-refractivity contribution in [3.63, 3.8) is 0 Å². The third kappa shape index (κ3) is 4.97. The summed E-state index contributed by atoms with van der Waals surface area (Å²) in [6.45, 7) is 3.12. The number of hydrogen-bond acceptors (Lipinski definition) is 6. The number of halogens is 3. The van der Waals surface area contributed by atoms with E-state index in [-0.39, 0.29) is 11.1 Å². The van der Waals surface area contributed by atoms with Crippen molar-refractivity contribution in [2.24, 2.45) is 0 Å². The van der Waals surface area contributed by atoms with Gasteiger partial charge in [0.15, 0.2) is 0 Å². The lowest BCUT2D eigenvalue weighted by molar-refractivity contribution is -0.138. The number of ether oxygens (including phenoxy) is 1. The molecule has 0 radical (unpaired) electrons. The monoisotopic (exact) mass is 422 g/mol. The summed E-state index contributed by atoms with van der Waals surface area (Å²) in [5, 5.41) is 4.30. The molecule has 0 atom stereocenters. The summed E-state index contributed by atoms with van der Waals surface area (Å²) >= 11 is 1.30. The highest BCUT2D eigenvalue weighted by Crippen LogP contribution is 2.32. The molecule has 0 aliphatic heterocycles. The summed E-state index contributed by atoms with van der Waals surface area (Å²) in [5.74, 6) is 0.421. The van der Waals surface area contributed by atoms with E-state index in [4.69, 9.17) is 9.26 Å². The molecule has 9 heteroatoms. The summed E-state index contributed by atoms with van der Waals surface area (Å²) < 4.78 is 49.6. The van der Waals surface area contributed by atoms with Crippen LogP contribution in [0.15, 0.2) is 52.1 Å². The van der Waals surface area contributed by atoms with Gasteiger partial charge in [0.25, 0.3) is 0 Å². The van der Waals surface area contributed by atoms with E-state index in [2.05, 4.69) is 10.1 Å². The Hall–Kier alpha value is -2.81. The van der Waals surface area contributed by atoms with Gasteiger partial charge in [-0.2, -0.15) is 13.2 Å². The van der Waals surface area contributed by atoms with Crippen LogP contribution in [0.5, 0.6) is 0 Å². The molecule has 2 heterocycles. The second-order valence-corrected chi connectivity index (χ2v) is 7.14. The second kappa shape index (κ2) is 8.69. The van der Waals surface area contributed by atoms with E-state index in [1.54, 1.807) is 13.0 Å². The van der Waals surface area contributed by atoms with Gasteiger partial charge in [0.2, 0.25) is 0 Å². The van der Waals surface area contributed by atoms with Crippen LogP contribution in [0.25, 0.3) is 0 Å². The molecular formula is C20H17F3N2O3S. The Morgan fingerprint density at radius 2 is 1.93 bits per heavy atom. The number of carbonyl (C=O) groups excluding carboxylic acids is 1. The molecule has 2 aromatic heterocycles. The molecule has 0 bridgehead atoms. The number of pyridine rings is 1. The SMILES string of the molecule is Cc1noc(C)c1CSc1ncccc1C(=O)OCc1ccccc1C(F)(F)F. The lowest BCUT2D eigenvalue weighted by Crippen LogP contribution is -2.12. The quantitative estimate of drug-likeness (QED) is 0.394. The second-order valence-electron chi connectivity index (χ2n) is 6.18. The van der Waals surface area contributed by atoms with Crippen molar-refractivity contribution in [1.29, 1.82) is 0 Å². The predicted octanol–water partition coefficient (Wildman–Crippen LogP) is 5.35. The van der Waals surface area contributed by atoms with E-state index in [9.17, 15) is 18.0 Å². The molecule has 5 nitrogen and oxygen atoms in total. The number of rotatable bonds is 6. The fourth-order valence-corrected chi connectivity index (χ4v) is 3.79. The highest BCUT2D eigenvalue weighted by molar-refractivity contribution is 7.98. The smallest absolute Gasteiger partial charge is 0.416 e. The largest absolute Gasteiger partial charge is 0.457 e. The van der Waals surface area contributed by atoms with E-state index in [0.717, 1.165) is 17.3 Å². The lowest BCUT2D eigenvalue weighted by atomic mass is 10.1. The zero-order valence-electron chi connectivity index (χ0n) is 15.6. The number of nitrogens with zero attached hydrogens (tertiary/aromatic N) is 2. The van der Waals surface area contributed by atoms with Gasteiger partial charge in [-0.15, -0.1) is 11.8 Å². The molecule has 0 aliphatic rings. The minimum Gasteiger partial charge on any atom is -0.457 e.